The van der Waals surface area contributed by atoms with Gasteiger partial charge in [-0.2, -0.15) is 12.6 Å². The lowest BCUT2D eigenvalue weighted by molar-refractivity contribution is 0.372. The van der Waals surface area contributed by atoms with Crippen molar-refractivity contribution < 1.29 is 0 Å². The van der Waals surface area contributed by atoms with Crippen LogP contribution in [0.4, 0.5) is 0 Å². The molecule has 0 fully saturated rings. The summed E-state index contributed by atoms with van der Waals surface area (Å²) >= 11 is 4.41. The van der Waals surface area contributed by atoms with Crippen molar-refractivity contribution >= 4 is 12.6 Å². The molecule has 0 aromatic heterocycles. The molecule has 1 rings (SSSR count). The van der Waals surface area contributed by atoms with Crippen molar-refractivity contribution in [3.8, 4) is 0 Å². The molecule has 2 unspecified atom stereocenters. The summed E-state index contributed by atoms with van der Waals surface area (Å²) in [5.74, 6) is 0.695. The molecule has 1 aliphatic rings. The highest BCUT2D eigenvalue weighted by Gasteiger charge is 2.38. The summed E-state index contributed by atoms with van der Waals surface area (Å²) < 4.78 is 0. The highest BCUT2D eigenvalue weighted by molar-refractivity contribution is 7.80. The lowest BCUT2D eigenvalue weighted by Crippen LogP contribution is -2.48. The molecule has 0 saturated carbocycles. The third-order valence-electron chi connectivity index (χ3n) is 3.52. The third kappa shape index (κ3) is 1.95. The maximum absolute atomic E-state index is 6.25. The molecular formula is C12H22N2S. The molecule has 2 atom stereocenters. The predicted molar refractivity (Wildman–Crippen MR) is 69.8 cm³/mol. The van der Waals surface area contributed by atoms with E-state index < -0.39 is 0 Å². The van der Waals surface area contributed by atoms with Gasteiger partial charge in [-0.3, -0.25) is 0 Å². The van der Waals surface area contributed by atoms with Gasteiger partial charge in [-0.25, -0.2) is 0 Å². The van der Waals surface area contributed by atoms with E-state index in [4.69, 9.17) is 11.5 Å². The van der Waals surface area contributed by atoms with Gasteiger partial charge in [0.1, 0.15) is 0 Å². The monoisotopic (exact) mass is 226 g/mol. The number of allylic oxidation sites excluding steroid dienone is 2. The Kier molecular flexibility index (Phi) is 3.90. The quantitative estimate of drug-likeness (QED) is 0.646. The zero-order valence-corrected chi connectivity index (χ0v) is 10.8. The summed E-state index contributed by atoms with van der Waals surface area (Å²) in [6.07, 6.45) is 4.12. The lowest BCUT2D eigenvalue weighted by Gasteiger charge is -2.40. The molecule has 4 N–H and O–H groups in total. The van der Waals surface area contributed by atoms with Gasteiger partial charge in [0.25, 0.3) is 0 Å². The largest absolute Gasteiger partial charge is 0.401 e. The summed E-state index contributed by atoms with van der Waals surface area (Å²) in [7, 11) is 0. The molecule has 3 heteroatoms. The maximum atomic E-state index is 6.25. The minimum absolute atomic E-state index is 0.00954. The molecule has 0 amide bonds. The second kappa shape index (κ2) is 4.62. The van der Waals surface area contributed by atoms with Crippen molar-refractivity contribution in [3.05, 3.63) is 22.9 Å². The average Bonchev–Trinajstić information content (AvgIpc) is 2.26. The average molecular weight is 226 g/mol. The van der Waals surface area contributed by atoms with Gasteiger partial charge >= 0.3 is 0 Å². The van der Waals surface area contributed by atoms with Crippen LogP contribution in [0.3, 0.4) is 0 Å². The van der Waals surface area contributed by atoms with Gasteiger partial charge in [0.05, 0.1) is 0 Å². The van der Waals surface area contributed by atoms with E-state index in [1.54, 1.807) is 0 Å². The second-order valence-corrected chi connectivity index (χ2v) is 4.73. The number of thiol groups is 1. The van der Waals surface area contributed by atoms with Gasteiger partial charge in [-0.15, -0.1) is 0 Å². The zero-order valence-electron chi connectivity index (χ0n) is 9.88. The molecular weight excluding hydrogens is 204 g/mol. The molecule has 0 spiro atoms. The van der Waals surface area contributed by atoms with Gasteiger partial charge in [-0.05, 0) is 18.4 Å². The summed E-state index contributed by atoms with van der Waals surface area (Å²) in [5, 5.41) is 0. The predicted octanol–water partition coefficient (Wildman–Crippen LogP) is 2.22. The van der Waals surface area contributed by atoms with Crippen LogP contribution in [0.2, 0.25) is 0 Å². The fourth-order valence-electron chi connectivity index (χ4n) is 2.13. The van der Waals surface area contributed by atoms with Crippen LogP contribution in [0.25, 0.3) is 0 Å². The van der Waals surface area contributed by atoms with Crippen LogP contribution in [0.5, 0.6) is 0 Å². The molecule has 86 valence electrons. The van der Waals surface area contributed by atoms with Crippen molar-refractivity contribution in [1.82, 2.24) is 0 Å². The molecule has 0 heterocycles. The van der Waals surface area contributed by atoms with E-state index in [0.717, 1.165) is 18.5 Å². The van der Waals surface area contributed by atoms with Crippen LogP contribution >= 0.6 is 12.6 Å². The first-order valence-corrected chi connectivity index (χ1v) is 6.20. The SMILES string of the molecule is CCC1=CC(CC)=C(N)C(C)(CS)C1N. The Morgan fingerprint density at radius 2 is 2.00 bits per heavy atom. The Labute approximate surface area is 98.2 Å². The lowest BCUT2D eigenvalue weighted by atomic mass is 9.71. The molecule has 0 bridgehead atoms. The van der Waals surface area contributed by atoms with E-state index in [1.165, 1.54) is 11.1 Å². The molecule has 1 aliphatic carbocycles. The topological polar surface area (TPSA) is 52.0 Å². The Morgan fingerprint density at radius 3 is 2.40 bits per heavy atom. The van der Waals surface area contributed by atoms with Crippen LogP contribution in [0.15, 0.2) is 22.9 Å². The number of rotatable bonds is 3. The Morgan fingerprint density at radius 1 is 1.40 bits per heavy atom. The van der Waals surface area contributed by atoms with Crippen LogP contribution in [0, 0.1) is 5.41 Å². The Balaban J connectivity index is 3.23. The zero-order chi connectivity index (χ0) is 11.6. The normalized spacial score (nSPS) is 31.8. The van der Waals surface area contributed by atoms with Gasteiger partial charge in [0, 0.05) is 22.9 Å². The molecule has 0 aromatic carbocycles. The Bertz CT molecular complexity index is 307. The van der Waals surface area contributed by atoms with Gasteiger partial charge < -0.3 is 11.5 Å². The van der Waals surface area contributed by atoms with E-state index in [0.29, 0.717) is 5.75 Å². The van der Waals surface area contributed by atoms with Crippen LogP contribution in [0.1, 0.15) is 33.6 Å². The first kappa shape index (κ1) is 12.7. The van der Waals surface area contributed by atoms with Crippen LogP contribution < -0.4 is 11.5 Å². The summed E-state index contributed by atoms with van der Waals surface area (Å²) in [6.45, 7) is 6.37. The molecule has 0 aromatic rings. The van der Waals surface area contributed by atoms with Crippen molar-refractivity contribution in [2.45, 2.75) is 39.7 Å². The number of nitrogens with two attached hydrogens (primary N) is 2. The van der Waals surface area contributed by atoms with Crippen molar-refractivity contribution in [2.75, 3.05) is 5.75 Å². The Hall–Kier alpha value is -0.410. The summed E-state index contributed by atoms with van der Waals surface area (Å²) in [4.78, 5) is 0. The van der Waals surface area contributed by atoms with E-state index in [1.807, 2.05) is 0 Å². The van der Waals surface area contributed by atoms with Crippen molar-refractivity contribution in [2.24, 2.45) is 16.9 Å². The standard InChI is InChI=1S/C12H22N2S/c1-4-8-6-9(5-2)11(14)12(3,7-15)10(8)13/h6,10,15H,4-5,7,13-14H2,1-3H3. The van der Waals surface area contributed by atoms with Gasteiger partial charge in [0.2, 0.25) is 0 Å². The highest BCUT2D eigenvalue weighted by Crippen LogP contribution is 2.39. The maximum Gasteiger partial charge on any atom is 0.0374 e. The fraction of sp³-hybridized carbons (Fsp3) is 0.667. The molecule has 2 nitrogen and oxygen atoms in total. The second-order valence-electron chi connectivity index (χ2n) is 4.42. The van der Waals surface area contributed by atoms with Crippen molar-refractivity contribution in [1.29, 1.82) is 0 Å². The molecule has 15 heavy (non-hydrogen) atoms. The van der Waals surface area contributed by atoms with E-state index in [2.05, 4.69) is 39.5 Å². The van der Waals surface area contributed by atoms with Crippen LogP contribution in [-0.4, -0.2) is 11.8 Å². The van der Waals surface area contributed by atoms with E-state index in [-0.39, 0.29) is 11.5 Å². The molecule has 0 saturated heterocycles. The number of hydrogen-bond acceptors (Lipinski definition) is 3. The van der Waals surface area contributed by atoms with E-state index in [9.17, 15) is 0 Å². The highest BCUT2D eigenvalue weighted by atomic mass is 32.1. The molecule has 0 radical (unpaired) electrons. The van der Waals surface area contributed by atoms with Crippen molar-refractivity contribution in [3.63, 3.8) is 0 Å². The van der Waals surface area contributed by atoms with E-state index >= 15 is 0 Å². The minimum atomic E-state index is -0.186. The third-order valence-corrected chi connectivity index (χ3v) is 4.18. The first-order chi connectivity index (χ1) is 7.01. The number of hydrogen-bond donors (Lipinski definition) is 3. The minimum Gasteiger partial charge on any atom is -0.401 e. The summed E-state index contributed by atoms with van der Waals surface area (Å²) in [5.41, 5.74) is 15.7. The van der Waals surface area contributed by atoms with Crippen LogP contribution in [-0.2, 0) is 0 Å². The smallest absolute Gasteiger partial charge is 0.0374 e. The first-order valence-electron chi connectivity index (χ1n) is 5.57. The summed E-state index contributed by atoms with van der Waals surface area (Å²) in [6, 6.07) is 0.00954. The van der Waals surface area contributed by atoms with Gasteiger partial charge in [-0.1, -0.05) is 32.4 Å². The van der Waals surface area contributed by atoms with Gasteiger partial charge in [0.15, 0.2) is 0 Å². The fourth-order valence-corrected chi connectivity index (χ4v) is 2.50. The molecule has 0 aliphatic heterocycles.